The van der Waals surface area contributed by atoms with Gasteiger partial charge in [-0.1, -0.05) is 32.4 Å². The molecule has 1 aromatic carbocycles. The second-order valence-electron chi connectivity index (χ2n) is 4.61. The van der Waals surface area contributed by atoms with Crippen LogP contribution >= 0.6 is 0 Å². The fourth-order valence-corrected chi connectivity index (χ4v) is 2.03. The van der Waals surface area contributed by atoms with E-state index in [1.807, 2.05) is 18.2 Å². The Hall–Kier alpha value is -1.02. The van der Waals surface area contributed by atoms with Gasteiger partial charge in [0.25, 0.3) is 0 Å². The molecule has 84 valence electrons. The molecule has 1 aromatic rings. The van der Waals surface area contributed by atoms with Crippen molar-refractivity contribution in [2.75, 3.05) is 6.54 Å². The summed E-state index contributed by atoms with van der Waals surface area (Å²) in [4.78, 5) is 0. The van der Waals surface area contributed by atoms with Crippen LogP contribution in [0.4, 0.5) is 0 Å². The highest BCUT2D eigenvalue weighted by Crippen LogP contribution is 2.27. The van der Waals surface area contributed by atoms with Crippen molar-refractivity contribution < 1.29 is 5.11 Å². The largest absolute Gasteiger partial charge is 0.508 e. The van der Waals surface area contributed by atoms with E-state index in [0.717, 1.165) is 24.8 Å². The Kier molecular flexibility index (Phi) is 4.15. The minimum absolute atomic E-state index is 0.155. The number of nitrogens with two attached hydrogens (primary N) is 1. The van der Waals surface area contributed by atoms with Crippen LogP contribution in [0, 0.1) is 5.41 Å². The lowest BCUT2D eigenvalue weighted by Gasteiger charge is -2.27. The van der Waals surface area contributed by atoms with Crippen molar-refractivity contribution in [3.8, 4) is 5.75 Å². The van der Waals surface area contributed by atoms with Crippen LogP contribution in [0.2, 0.25) is 0 Å². The third-order valence-electron chi connectivity index (χ3n) is 2.89. The van der Waals surface area contributed by atoms with Crippen LogP contribution in [0.3, 0.4) is 0 Å². The van der Waals surface area contributed by atoms with E-state index in [1.54, 1.807) is 6.07 Å². The zero-order valence-corrected chi connectivity index (χ0v) is 9.66. The molecule has 0 saturated heterocycles. The fraction of sp³-hybridized carbons (Fsp3) is 0.538. The molecule has 0 spiro atoms. The summed E-state index contributed by atoms with van der Waals surface area (Å²) in [7, 11) is 0. The summed E-state index contributed by atoms with van der Waals surface area (Å²) in [6, 6.07) is 7.45. The van der Waals surface area contributed by atoms with Gasteiger partial charge < -0.3 is 10.8 Å². The topological polar surface area (TPSA) is 46.2 Å². The minimum atomic E-state index is 0.155. The van der Waals surface area contributed by atoms with Crippen LogP contribution < -0.4 is 5.73 Å². The zero-order chi connectivity index (χ0) is 11.3. The summed E-state index contributed by atoms with van der Waals surface area (Å²) in [5, 5.41) is 9.38. The fourth-order valence-electron chi connectivity index (χ4n) is 2.03. The number of hydrogen-bond donors (Lipinski definition) is 2. The molecule has 1 atom stereocenters. The first-order valence-corrected chi connectivity index (χ1v) is 5.57. The molecule has 0 bridgehead atoms. The maximum Gasteiger partial charge on any atom is 0.115 e. The lowest BCUT2D eigenvalue weighted by molar-refractivity contribution is 0.302. The standard InChI is InChI=1S/C13H21NO/c1-3-7-13(2,10-14)9-11-5-4-6-12(15)8-11/h4-6,8,15H,3,7,9-10,14H2,1-2H3. The normalized spacial score (nSPS) is 14.9. The number of hydrogen-bond acceptors (Lipinski definition) is 2. The molecular weight excluding hydrogens is 186 g/mol. The molecule has 0 aromatic heterocycles. The van der Waals surface area contributed by atoms with Crippen LogP contribution in [0.15, 0.2) is 24.3 Å². The molecule has 0 aliphatic carbocycles. The molecule has 1 unspecified atom stereocenters. The second kappa shape index (κ2) is 5.17. The van der Waals surface area contributed by atoms with E-state index < -0.39 is 0 Å². The molecule has 2 nitrogen and oxygen atoms in total. The van der Waals surface area contributed by atoms with Gasteiger partial charge in [-0.25, -0.2) is 0 Å². The monoisotopic (exact) mass is 207 g/mol. The number of aromatic hydroxyl groups is 1. The molecule has 1 rings (SSSR count). The number of rotatable bonds is 5. The summed E-state index contributed by atoms with van der Waals surface area (Å²) in [6.07, 6.45) is 3.21. The van der Waals surface area contributed by atoms with Gasteiger partial charge in [0.05, 0.1) is 0 Å². The molecule has 15 heavy (non-hydrogen) atoms. The smallest absolute Gasteiger partial charge is 0.115 e. The maximum absolute atomic E-state index is 9.38. The third-order valence-corrected chi connectivity index (χ3v) is 2.89. The first-order chi connectivity index (χ1) is 7.09. The highest BCUT2D eigenvalue weighted by Gasteiger charge is 2.21. The van der Waals surface area contributed by atoms with Gasteiger partial charge in [0.2, 0.25) is 0 Å². The zero-order valence-electron chi connectivity index (χ0n) is 9.66. The van der Waals surface area contributed by atoms with Crippen molar-refractivity contribution in [1.29, 1.82) is 0 Å². The lowest BCUT2D eigenvalue weighted by atomic mass is 9.80. The molecule has 0 heterocycles. The van der Waals surface area contributed by atoms with E-state index in [-0.39, 0.29) is 5.41 Å². The predicted molar refractivity (Wildman–Crippen MR) is 63.9 cm³/mol. The number of benzene rings is 1. The average Bonchev–Trinajstić information content (AvgIpc) is 2.18. The molecule has 0 aliphatic heterocycles. The Morgan fingerprint density at radius 3 is 2.67 bits per heavy atom. The first-order valence-electron chi connectivity index (χ1n) is 5.57. The highest BCUT2D eigenvalue weighted by molar-refractivity contribution is 5.27. The highest BCUT2D eigenvalue weighted by atomic mass is 16.3. The van der Waals surface area contributed by atoms with Crippen molar-refractivity contribution >= 4 is 0 Å². The Labute approximate surface area is 92.1 Å². The summed E-state index contributed by atoms with van der Waals surface area (Å²) in [6.45, 7) is 5.08. The summed E-state index contributed by atoms with van der Waals surface area (Å²) in [5.41, 5.74) is 7.14. The summed E-state index contributed by atoms with van der Waals surface area (Å²) >= 11 is 0. The van der Waals surface area contributed by atoms with E-state index in [1.165, 1.54) is 0 Å². The van der Waals surface area contributed by atoms with Gasteiger partial charge >= 0.3 is 0 Å². The van der Waals surface area contributed by atoms with E-state index in [0.29, 0.717) is 12.3 Å². The molecule has 3 N–H and O–H groups in total. The Morgan fingerprint density at radius 1 is 1.40 bits per heavy atom. The molecule has 0 saturated carbocycles. The number of phenolic OH excluding ortho intramolecular Hbond substituents is 1. The van der Waals surface area contributed by atoms with Gasteiger partial charge in [0.15, 0.2) is 0 Å². The minimum Gasteiger partial charge on any atom is -0.508 e. The van der Waals surface area contributed by atoms with Gasteiger partial charge in [0.1, 0.15) is 5.75 Å². The van der Waals surface area contributed by atoms with Gasteiger partial charge in [-0.2, -0.15) is 0 Å². The summed E-state index contributed by atoms with van der Waals surface area (Å²) in [5.74, 6) is 0.336. The van der Waals surface area contributed by atoms with Gasteiger partial charge in [-0.3, -0.25) is 0 Å². The van der Waals surface area contributed by atoms with Gasteiger partial charge in [-0.15, -0.1) is 0 Å². The molecular formula is C13H21NO. The van der Waals surface area contributed by atoms with E-state index in [4.69, 9.17) is 5.73 Å². The Bertz CT molecular complexity index is 311. The number of phenols is 1. The van der Waals surface area contributed by atoms with Gasteiger partial charge in [-0.05, 0) is 42.5 Å². The molecule has 0 fully saturated rings. The van der Waals surface area contributed by atoms with Crippen molar-refractivity contribution in [2.45, 2.75) is 33.1 Å². The van der Waals surface area contributed by atoms with Crippen LogP contribution in [0.25, 0.3) is 0 Å². The Morgan fingerprint density at radius 2 is 2.13 bits per heavy atom. The lowest BCUT2D eigenvalue weighted by Crippen LogP contribution is -2.29. The maximum atomic E-state index is 9.38. The molecule has 0 amide bonds. The Balaban J connectivity index is 2.74. The predicted octanol–water partition coefficient (Wildman–Crippen LogP) is 2.70. The van der Waals surface area contributed by atoms with Crippen LogP contribution in [0.5, 0.6) is 5.75 Å². The van der Waals surface area contributed by atoms with E-state index in [9.17, 15) is 5.11 Å². The van der Waals surface area contributed by atoms with Crippen molar-refractivity contribution in [3.63, 3.8) is 0 Å². The molecule has 0 radical (unpaired) electrons. The average molecular weight is 207 g/mol. The SMILES string of the molecule is CCCC(C)(CN)Cc1cccc(O)c1. The molecule has 0 aliphatic rings. The van der Waals surface area contributed by atoms with Crippen molar-refractivity contribution in [2.24, 2.45) is 11.1 Å². The van der Waals surface area contributed by atoms with E-state index in [2.05, 4.69) is 13.8 Å². The van der Waals surface area contributed by atoms with Gasteiger partial charge in [0, 0.05) is 0 Å². The molecule has 2 heteroatoms. The van der Waals surface area contributed by atoms with Crippen molar-refractivity contribution in [3.05, 3.63) is 29.8 Å². The van der Waals surface area contributed by atoms with Crippen LogP contribution in [0.1, 0.15) is 32.3 Å². The van der Waals surface area contributed by atoms with Crippen LogP contribution in [-0.2, 0) is 6.42 Å². The van der Waals surface area contributed by atoms with Crippen molar-refractivity contribution in [1.82, 2.24) is 0 Å². The second-order valence-corrected chi connectivity index (χ2v) is 4.61. The first kappa shape index (κ1) is 12.1. The summed E-state index contributed by atoms with van der Waals surface area (Å²) < 4.78 is 0. The quantitative estimate of drug-likeness (QED) is 0.779. The van der Waals surface area contributed by atoms with Crippen LogP contribution in [-0.4, -0.2) is 11.7 Å². The third kappa shape index (κ3) is 3.56. The van der Waals surface area contributed by atoms with E-state index >= 15 is 0 Å².